The van der Waals surface area contributed by atoms with E-state index in [1.165, 1.54) is 0 Å². The molecule has 0 spiro atoms. The zero-order valence-corrected chi connectivity index (χ0v) is 9.44. The molecule has 0 aliphatic rings. The molecule has 1 amide bonds. The Morgan fingerprint density at radius 3 is 2.93 bits per heavy atom. The van der Waals surface area contributed by atoms with E-state index in [1.54, 1.807) is 7.05 Å². The molecule has 1 rings (SSSR count). The average molecular weight is 213 g/mol. The number of imidazole rings is 1. The second-order valence-electron chi connectivity index (χ2n) is 3.10. The predicted octanol–water partition coefficient (Wildman–Crippen LogP) is 1.42. The molecular formula is C9H15N3OS. The predicted molar refractivity (Wildman–Crippen MR) is 57.8 cm³/mol. The van der Waals surface area contributed by atoms with Crippen LogP contribution in [0.1, 0.15) is 25.6 Å². The van der Waals surface area contributed by atoms with Gasteiger partial charge in [0.2, 0.25) is 5.91 Å². The Morgan fingerprint density at radius 1 is 1.79 bits per heavy atom. The van der Waals surface area contributed by atoms with Crippen molar-refractivity contribution in [1.29, 1.82) is 0 Å². The van der Waals surface area contributed by atoms with Crippen molar-refractivity contribution >= 4 is 18.1 Å². The number of aromatic nitrogens is 2. The van der Waals surface area contributed by atoms with E-state index >= 15 is 0 Å². The molecule has 1 heterocycles. The number of rotatable bonds is 3. The molecule has 0 fully saturated rings. The van der Waals surface area contributed by atoms with E-state index in [4.69, 9.17) is 12.2 Å². The summed E-state index contributed by atoms with van der Waals surface area (Å²) in [7, 11) is 1.63. The highest BCUT2D eigenvalue weighted by Crippen LogP contribution is 2.12. The highest BCUT2D eigenvalue weighted by atomic mass is 32.1. The second-order valence-corrected chi connectivity index (χ2v) is 3.49. The highest BCUT2D eigenvalue weighted by molar-refractivity contribution is 7.71. The fourth-order valence-electron chi connectivity index (χ4n) is 1.44. The molecule has 0 aliphatic carbocycles. The number of H-pyrrole nitrogens is 1. The van der Waals surface area contributed by atoms with Crippen molar-refractivity contribution in [2.45, 2.75) is 26.3 Å². The maximum Gasteiger partial charge on any atom is 0.242 e. The van der Waals surface area contributed by atoms with E-state index in [0.29, 0.717) is 4.77 Å². The van der Waals surface area contributed by atoms with Gasteiger partial charge in [-0.25, -0.2) is 0 Å². The molecule has 1 unspecified atom stereocenters. The molecule has 0 aliphatic heterocycles. The summed E-state index contributed by atoms with van der Waals surface area (Å²) in [6.45, 7) is 3.87. The first-order valence-corrected chi connectivity index (χ1v) is 5.03. The first-order chi connectivity index (χ1) is 6.61. The van der Waals surface area contributed by atoms with Crippen LogP contribution in [-0.2, 0) is 11.2 Å². The number of aromatic amines is 1. The van der Waals surface area contributed by atoms with E-state index in [9.17, 15) is 4.79 Å². The van der Waals surface area contributed by atoms with Gasteiger partial charge in [-0.2, -0.15) is 0 Å². The van der Waals surface area contributed by atoms with Crippen molar-refractivity contribution in [3.8, 4) is 0 Å². The standard InChI is InChI=1S/C9H15N3OS/c1-4-7-5-11-9(14)12(7)6(2)8(13)10-3/h5-6H,4H2,1-3H3,(H,10,13)(H,11,14). The molecule has 4 nitrogen and oxygen atoms in total. The fourth-order valence-corrected chi connectivity index (χ4v) is 1.77. The lowest BCUT2D eigenvalue weighted by molar-refractivity contribution is -0.123. The zero-order chi connectivity index (χ0) is 10.7. The largest absolute Gasteiger partial charge is 0.357 e. The summed E-state index contributed by atoms with van der Waals surface area (Å²) in [6.07, 6.45) is 2.70. The topological polar surface area (TPSA) is 49.8 Å². The minimum Gasteiger partial charge on any atom is -0.357 e. The Labute approximate surface area is 88.3 Å². The van der Waals surface area contributed by atoms with Gasteiger partial charge in [0, 0.05) is 18.9 Å². The monoisotopic (exact) mass is 213 g/mol. The van der Waals surface area contributed by atoms with Crippen LogP contribution >= 0.6 is 12.2 Å². The summed E-state index contributed by atoms with van der Waals surface area (Å²) in [4.78, 5) is 14.4. The van der Waals surface area contributed by atoms with Crippen LogP contribution < -0.4 is 5.32 Å². The summed E-state index contributed by atoms with van der Waals surface area (Å²) in [5.74, 6) is -0.0320. The molecule has 0 radical (unpaired) electrons. The molecule has 1 aromatic rings. The van der Waals surface area contributed by atoms with Gasteiger partial charge in [0.1, 0.15) is 6.04 Å². The first-order valence-electron chi connectivity index (χ1n) is 4.62. The normalized spacial score (nSPS) is 12.5. The van der Waals surface area contributed by atoms with Crippen LogP contribution in [-0.4, -0.2) is 22.5 Å². The first kappa shape index (κ1) is 11.0. The zero-order valence-electron chi connectivity index (χ0n) is 8.63. The minimum absolute atomic E-state index is 0.0320. The summed E-state index contributed by atoms with van der Waals surface area (Å²) >= 11 is 5.11. The molecular weight excluding hydrogens is 198 g/mol. The lowest BCUT2D eigenvalue weighted by atomic mass is 10.2. The Morgan fingerprint density at radius 2 is 2.43 bits per heavy atom. The van der Waals surface area contributed by atoms with Crippen molar-refractivity contribution in [3.63, 3.8) is 0 Å². The van der Waals surface area contributed by atoms with Gasteiger partial charge in [-0.15, -0.1) is 0 Å². The number of carbonyl (C=O) groups is 1. The summed E-state index contributed by atoms with van der Waals surface area (Å²) < 4.78 is 2.44. The van der Waals surface area contributed by atoms with E-state index in [0.717, 1.165) is 12.1 Å². The van der Waals surface area contributed by atoms with Crippen LogP contribution in [0.4, 0.5) is 0 Å². The van der Waals surface area contributed by atoms with Gasteiger partial charge < -0.3 is 14.9 Å². The Bertz CT molecular complexity index is 380. The van der Waals surface area contributed by atoms with Crippen LogP contribution in [0.15, 0.2) is 6.20 Å². The minimum atomic E-state index is -0.256. The van der Waals surface area contributed by atoms with Gasteiger partial charge in [-0.05, 0) is 25.6 Å². The number of nitrogens with zero attached hydrogens (tertiary/aromatic N) is 1. The maximum atomic E-state index is 11.4. The van der Waals surface area contributed by atoms with Crippen LogP contribution in [0.25, 0.3) is 0 Å². The number of aryl methyl sites for hydroxylation is 1. The molecule has 1 aromatic heterocycles. The fraction of sp³-hybridized carbons (Fsp3) is 0.556. The van der Waals surface area contributed by atoms with Gasteiger partial charge in [-0.3, -0.25) is 4.79 Å². The molecule has 78 valence electrons. The lowest BCUT2D eigenvalue weighted by Crippen LogP contribution is -2.28. The van der Waals surface area contributed by atoms with Crippen molar-refractivity contribution in [2.24, 2.45) is 0 Å². The van der Waals surface area contributed by atoms with E-state index in [2.05, 4.69) is 10.3 Å². The molecule has 14 heavy (non-hydrogen) atoms. The Hall–Kier alpha value is -1.10. The summed E-state index contributed by atoms with van der Waals surface area (Å²) in [5.41, 5.74) is 1.05. The van der Waals surface area contributed by atoms with E-state index in [-0.39, 0.29) is 11.9 Å². The SMILES string of the molecule is CCc1c[nH]c(=S)n1C(C)C(=O)NC. The van der Waals surface area contributed by atoms with Crippen molar-refractivity contribution < 1.29 is 4.79 Å². The van der Waals surface area contributed by atoms with Gasteiger partial charge in [-0.1, -0.05) is 6.92 Å². The number of likely N-dealkylation sites (N-methyl/N-ethyl adjacent to an activating group) is 1. The number of nitrogens with one attached hydrogen (secondary N) is 2. The van der Waals surface area contributed by atoms with Gasteiger partial charge in [0.25, 0.3) is 0 Å². The quantitative estimate of drug-likeness (QED) is 0.746. The lowest BCUT2D eigenvalue weighted by Gasteiger charge is -2.14. The molecule has 0 saturated carbocycles. The number of carbonyl (C=O) groups excluding carboxylic acids is 1. The molecule has 0 bridgehead atoms. The number of hydrogen-bond acceptors (Lipinski definition) is 2. The average Bonchev–Trinajstić information content (AvgIpc) is 2.57. The molecule has 5 heteroatoms. The molecule has 0 saturated heterocycles. The third-order valence-corrected chi connectivity index (χ3v) is 2.58. The van der Waals surface area contributed by atoms with E-state index < -0.39 is 0 Å². The summed E-state index contributed by atoms with van der Waals surface area (Å²) in [5, 5.41) is 2.61. The second kappa shape index (κ2) is 4.41. The molecule has 1 atom stereocenters. The van der Waals surface area contributed by atoms with Crippen LogP contribution in [0, 0.1) is 4.77 Å². The Balaban J connectivity index is 3.10. The van der Waals surface area contributed by atoms with Crippen molar-refractivity contribution in [2.75, 3.05) is 7.05 Å². The Kier molecular flexibility index (Phi) is 3.46. The third-order valence-electron chi connectivity index (χ3n) is 2.27. The third kappa shape index (κ3) is 1.87. The van der Waals surface area contributed by atoms with Gasteiger partial charge >= 0.3 is 0 Å². The number of hydrogen-bond donors (Lipinski definition) is 2. The molecule has 2 N–H and O–H groups in total. The maximum absolute atomic E-state index is 11.4. The van der Waals surface area contributed by atoms with Crippen molar-refractivity contribution in [3.05, 3.63) is 16.7 Å². The highest BCUT2D eigenvalue weighted by Gasteiger charge is 2.16. The van der Waals surface area contributed by atoms with Crippen LogP contribution in [0.3, 0.4) is 0 Å². The number of amides is 1. The van der Waals surface area contributed by atoms with Crippen LogP contribution in [0.5, 0.6) is 0 Å². The van der Waals surface area contributed by atoms with E-state index in [1.807, 2.05) is 24.6 Å². The molecule has 0 aromatic carbocycles. The van der Waals surface area contributed by atoms with Gasteiger partial charge in [0.15, 0.2) is 4.77 Å². The van der Waals surface area contributed by atoms with Gasteiger partial charge in [0.05, 0.1) is 0 Å². The smallest absolute Gasteiger partial charge is 0.242 e. The van der Waals surface area contributed by atoms with Crippen LogP contribution in [0.2, 0.25) is 0 Å². The van der Waals surface area contributed by atoms with Crippen molar-refractivity contribution in [1.82, 2.24) is 14.9 Å². The summed E-state index contributed by atoms with van der Waals surface area (Å²) in [6, 6.07) is -0.256.